The summed E-state index contributed by atoms with van der Waals surface area (Å²) in [5.41, 5.74) is 5.80. The Labute approximate surface area is 99.1 Å². The summed E-state index contributed by atoms with van der Waals surface area (Å²) in [5, 5.41) is 0. The van der Waals surface area contributed by atoms with Crippen molar-refractivity contribution in [1.82, 2.24) is 9.80 Å². The Morgan fingerprint density at radius 3 is 2.44 bits per heavy atom. The molecule has 0 heterocycles. The van der Waals surface area contributed by atoms with Crippen LogP contribution in [0.4, 0.5) is 0 Å². The van der Waals surface area contributed by atoms with Crippen molar-refractivity contribution in [2.24, 2.45) is 5.73 Å². The molecule has 0 aromatic carbocycles. The van der Waals surface area contributed by atoms with Crippen LogP contribution in [0.15, 0.2) is 12.7 Å². The third-order valence-electron chi connectivity index (χ3n) is 2.52. The summed E-state index contributed by atoms with van der Waals surface area (Å²) >= 11 is 0. The van der Waals surface area contributed by atoms with Crippen LogP contribution in [0.25, 0.3) is 0 Å². The van der Waals surface area contributed by atoms with Crippen LogP contribution in [0.2, 0.25) is 0 Å². The van der Waals surface area contributed by atoms with Crippen LogP contribution >= 0.6 is 0 Å². The fourth-order valence-corrected chi connectivity index (χ4v) is 1.81. The van der Waals surface area contributed by atoms with E-state index in [-0.39, 0.29) is 11.9 Å². The van der Waals surface area contributed by atoms with Crippen LogP contribution < -0.4 is 5.73 Å². The highest BCUT2D eigenvalue weighted by molar-refractivity contribution is 5.82. The van der Waals surface area contributed by atoms with E-state index in [0.717, 1.165) is 6.54 Å². The van der Waals surface area contributed by atoms with Crippen molar-refractivity contribution in [2.45, 2.75) is 32.4 Å². The molecule has 0 aliphatic rings. The summed E-state index contributed by atoms with van der Waals surface area (Å²) in [6, 6.07) is -0.273. The molecule has 0 radical (unpaired) electrons. The van der Waals surface area contributed by atoms with Gasteiger partial charge in [0, 0.05) is 19.1 Å². The number of hydrogen-bond acceptors (Lipinski definition) is 3. The van der Waals surface area contributed by atoms with E-state index in [0.29, 0.717) is 13.0 Å². The predicted molar refractivity (Wildman–Crippen MR) is 68.2 cm³/mol. The Balaban J connectivity index is 4.46. The number of hydrogen-bond donors (Lipinski definition) is 1. The molecule has 0 aromatic rings. The minimum absolute atomic E-state index is 0.0109. The van der Waals surface area contributed by atoms with Gasteiger partial charge in [-0.05, 0) is 34.4 Å². The second-order valence-electron chi connectivity index (χ2n) is 4.37. The van der Waals surface area contributed by atoms with Crippen LogP contribution in [0.5, 0.6) is 0 Å². The number of rotatable bonds is 7. The molecule has 0 rings (SSSR count). The van der Waals surface area contributed by atoms with Gasteiger partial charge in [0.15, 0.2) is 0 Å². The van der Waals surface area contributed by atoms with Gasteiger partial charge in [0.2, 0.25) is 5.91 Å². The van der Waals surface area contributed by atoms with Crippen LogP contribution in [0.1, 0.15) is 20.3 Å². The molecule has 0 saturated heterocycles. The fourth-order valence-electron chi connectivity index (χ4n) is 1.81. The fraction of sp³-hybridized carbons (Fsp3) is 0.750. The van der Waals surface area contributed by atoms with Gasteiger partial charge in [-0.25, -0.2) is 0 Å². The van der Waals surface area contributed by atoms with E-state index in [4.69, 9.17) is 5.73 Å². The monoisotopic (exact) mass is 227 g/mol. The highest BCUT2D eigenvalue weighted by Crippen LogP contribution is 2.04. The molecule has 2 atom stereocenters. The van der Waals surface area contributed by atoms with Gasteiger partial charge in [-0.1, -0.05) is 6.08 Å². The molecule has 0 fully saturated rings. The molecular formula is C12H25N3O. The first-order valence-electron chi connectivity index (χ1n) is 5.75. The summed E-state index contributed by atoms with van der Waals surface area (Å²) < 4.78 is 0. The van der Waals surface area contributed by atoms with Crippen molar-refractivity contribution in [1.29, 1.82) is 0 Å². The van der Waals surface area contributed by atoms with Crippen LogP contribution in [-0.2, 0) is 4.79 Å². The van der Waals surface area contributed by atoms with Gasteiger partial charge in [-0.2, -0.15) is 0 Å². The lowest BCUT2D eigenvalue weighted by Crippen LogP contribution is -2.50. The van der Waals surface area contributed by atoms with Crippen LogP contribution in [0.3, 0.4) is 0 Å². The third kappa shape index (κ3) is 4.77. The molecule has 0 aromatic heterocycles. The molecule has 2 unspecified atom stereocenters. The van der Waals surface area contributed by atoms with Gasteiger partial charge in [-0.15, -0.1) is 6.58 Å². The molecule has 0 bridgehead atoms. The van der Waals surface area contributed by atoms with Gasteiger partial charge in [-0.3, -0.25) is 4.79 Å². The molecule has 0 saturated carbocycles. The van der Waals surface area contributed by atoms with Crippen molar-refractivity contribution < 1.29 is 4.79 Å². The predicted octanol–water partition coefficient (Wildman–Crippen LogP) is 0.688. The van der Waals surface area contributed by atoms with E-state index in [1.54, 1.807) is 6.08 Å². The Kier molecular flexibility index (Phi) is 7.01. The van der Waals surface area contributed by atoms with Crippen molar-refractivity contribution >= 4 is 5.91 Å². The lowest BCUT2D eigenvalue weighted by Gasteiger charge is -2.31. The summed E-state index contributed by atoms with van der Waals surface area (Å²) in [4.78, 5) is 15.9. The molecule has 4 nitrogen and oxygen atoms in total. The number of amides is 1. The second kappa shape index (κ2) is 7.41. The second-order valence-corrected chi connectivity index (χ2v) is 4.37. The van der Waals surface area contributed by atoms with E-state index >= 15 is 0 Å². The summed E-state index contributed by atoms with van der Waals surface area (Å²) in [6.45, 7) is 9.16. The summed E-state index contributed by atoms with van der Waals surface area (Å²) in [5.74, 6) is 0.0109. The van der Waals surface area contributed by atoms with Crippen molar-refractivity contribution in [2.75, 3.05) is 27.2 Å². The molecule has 16 heavy (non-hydrogen) atoms. The number of nitrogens with zero attached hydrogens (tertiary/aromatic N) is 2. The summed E-state index contributed by atoms with van der Waals surface area (Å²) in [7, 11) is 4.00. The number of carbonyl (C=O) groups is 1. The number of carbonyl (C=O) groups excluding carboxylic acids is 1. The summed E-state index contributed by atoms with van der Waals surface area (Å²) in [6.07, 6.45) is 2.22. The lowest BCUT2D eigenvalue weighted by molar-refractivity contribution is -0.134. The molecule has 1 amide bonds. The molecular weight excluding hydrogens is 202 g/mol. The average Bonchev–Trinajstić information content (AvgIpc) is 2.17. The normalized spacial score (nSPS) is 14.6. The smallest absolute Gasteiger partial charge is 0.240 e. The van der Waals surface area contributed by atoms with Crippen LogP contribution in [-0.4, -0.2) is 55.0 Å². The van der Waals surface area contributed by atoms with E-state index in [2.05, 4.69) is 11.5 Å². The number of nitrogens with two attached hydrogens (primary N) is 1. The Morgan fingerprint density at radius 2 is 2.06 bits per heavy atom. The Bertz CT molecular complexity index is 228. The van der Waals surface area contributed by atoms with Gasteiger partial charge < -0.3 is 15.5 Å². The van der Waals surface area contributed by atoms with Gasteiger partial charge in [0.05, 0.1) is 6.04 Å². The maximum absolute atomic E-state index is 12.0. The van der Waals surface area contributed by atoms with Crippen molar-refractivity contribution in [3.63, 3.8) is 0 Å². The maximum Gasteiger partial charge on any atom is 0.240 e. The van der Waals surface area contributed by atoms with Crippen molar-refractivity contribution in [3.8, 4) is 0 Å². The minimum Gasteiger partial charge on any atom is -0.338 e. The zero-order valence-corrected chi connectivity index (χ0v) is 10.9. The van der Waals surface area contributed by atoms with E-state index in [9.17, 15) is 4.79 Å². The molecule has 0 aliphatic carbocycles. The third-order valence-corrected chi connectivity index (χ3v) is 2.52. The minimum atomic E-state index is -0.456. The molecule has 4 heteroatoms. The Morgan fingerprint density at radius 1 is 1.50 bits per heavy atom. The zero-order chi connectivity index (χ0) is 12.7. The standard InChI is InChI=1S/C12H25N3O/c1-6-8-11(13)12(16)15(7-2)10(3)9-14(4)5/h6,10-11H,1,7-9,13H2,2-5H3. The largest absolute Gasteiger partial charge is 0.338 e. The van der Waals surface area contributed by atoms with E-state index in [1.165, 1.54) is 0 Å². The maximum atomic E-state index is 12.0. The number of likely N-dealkylation sites (N-methyl/N-ethyl adjacent to an activating group) is 2. The molecule has 0 aliphatic heterocycles. The van der Waals surface area contributed by atoms with Crippen molar-refractivity contribution in [3.05, 3.63) is 12.7 Å². The first-order valence-corrected chi connectivity index (χ1v) is 5.75. The Hall–Kier alpha value is -0.870. The highest BCUT2D eigenvalue weighted by atomic mass is 16.2. The van der Waals surface area contributed by atoms with Gasteiger partial charge >= 0.3 is 0 Å². The zero-order valence-electron chi connectivity index (χ0n) is 10.9. The van der Waals surface area contributed by atoms with Gasteiger partial charge in [0.25, 0.3) is 0 Å². The van der Waals surface area contributed by atoms with Gasteiger partial charge in [0.1, 0.15) is 0 Å². The first kappa shape index (κ1) is 15.1. The molecule has 0 spiro atoms. The average molecular weight is 227 g/mol. The van der Waals surface area contributed by atoms with E-state index < -0.39 is 6.04 Å². The molecule has 2 N–H and O–H groups in total. The highest BCUT2D eigenvalue weighted by Gasteiger charge is 2.23. The van der Waals surface area contributed by atoms with E-state index in [1.807, 2.05) is 32.8 Å². The SMILES string of the molecule is C=CCC(N)C(=O)N(CC)C(C)CN(C)C. The first-order chi connectivity index (χ1) is 7.43. The lowest BCUT2D eigenvalue weighted by atomic mass is 10.1. The topological polar surface area (TPSA) is 49.6 Å². The quantitative estimate of drug-likeness (QED) is 0.651. The van der Waals surface area contributed by atoms with Crippen LogP contribution in [0, 0.1) is 0 Å². The molecule has 94 valence electrons.